The average Bonchev–Trinajstić information content (AvgIpc) is 2.23. The van der Waals surface area contributed by atoms with Gasteiger partial charge in [-0.15, -0.1) is 0 Å². The zero-order valence-corrected chi connectivity index (χ0v) is 11.3. The smallest absolute Gasteiger partial charge is 0.148 e. The van der Waals surface area contributed by atoms with Gasteiger partial charge in [0.25, 0.3) is 0 Å². The van der Waals surface area contributed by atoms with Gasteiger partial charge in [-0.3, -0.25) is 0 Å². The molecule has 104 valence electrons. The van der Waals surface area contributed by atoms with Gasteiger partial charge in [-0.05, 0) is 6.92 Å². The maximum atomic E-state index is 10.8. The van der Waals surface area contributed by atoms with Gasteiger partial charge in [-0.1, -0.05) is 0 Å². The molecule has 0 aliphatic carbocycles. The van der Waals surface area contributed by atoms with Crippen molar-refractivity contribution in [3.05, 3.63) is 0 Å². The summed E-state index contributed by atoms with van der Waals surface area (Å²) in [7, 11) is -2.94. The van der Waals surface area contributed by atoms with Crippen LogP contribution in [0.4, 0.5) is 0 Å². The molecule has 0 spiro atoms. The number of sulfone groups is 1. The van der Waals surface area contributed by atoms with Gasteiger partial charge in [0.05, 0.1) is 31.7 Å². The van der Waals surface area contributed by atoms with E-state index < -0.39 is 15.9 Å². The third kappa shape index (κ3) is 13.7. The van der Waals surface area contributed by atoms with Crippen LogP contribution in [0.15, 0.2) is 0 Å². The number of aliphatic hydroxyl groups is 1. The summed E-state index contributed by atoms with van der Waals surface area (Å²) >= 11 is 0. The molecule has 0 amide bonds. The molecule has 0 aromatic rings. The van der Waals surface area contributed by atoms with Crippen molar-refractivity contribution < 1.29 is 23.0 Å². The fourth-order valence-electron chi connectivity index (χ4n) is 1.07. The van der Waals surface area contributed by atoms with Gasteiger partial charge in [0.1, 0.15) is 9.84 Å². The minimum absolute atomic E-state index is 0.0743. The van der Waals surface area contributed by atoms with Crippen molar-refractivity contribution in [1.82, 2.24) is 5.32 Å². The van der Waals surface area contributed by atoms with Gasteiger partial charge < -0.3 is 19.9 Å². The van der Waals surface area contributed by atoms with Gasteiger partial charge in [-0.2, -0.15) is 0 Å². The van der Waals surface area contributed by atoms with Crippen molar-refractivity contribution in [2.24, 2.45) is 0 Å². The standard InChI is InChI=1S/C10H23NO5S/c1-3-15-5-6-16-9-10(12)8-11-4-7-17(2,13)14/h10-12H,3-9H2,1-2H3. The van der Waals surface area contributed by atoms with Gasteiger partial charge >= 0.3 is 0 Å². The molecule has 7 heteroatoms. The summed E-state index contributed by atoms with van der Waals surface area (Å²) in [6.07, 6.45) is 0.554. The molecule has 0 fully saturated rings. The third-order valence-corrected chi connectivity index (χ3v) is 2.86. The Hall–Kier alpha value is -0.210. The normalized spacial score (nSPS) is 13.8. The third-order valence-electron chi connectivity index (χ3n) is 1.92. The number of nitrogens with one attached hydrogen (secondary N) is 1. The molecule has 6 nitrogen and oxygen atoms in total. The molecule has 0 heterocycles. The van der Waals surface area contributed by atoms with Gasteiger partial charge in [0.15, 0.2) is 0 Å². The van der Waals surface area contributed by atoms with E-state index in [1.807, 2.05) is 6.92 Å². The fourth-order valence-corrected chi connectivity index (χ4v) is 1.58. The summed E-state index contributed by atoms with van der Waals surface area (Å²) in [4.78, 5) is 0. The number of hydrogen-bond donors (Lipinski definition) is 2. The lowest BCUT2D eigenvalue weighted by Gasteiger charge is -2.12. The molecule has 0 aromatic heterocycles. The first-order valence-corrected chi connectivity index (χ1v) is 7.73. The van der Waals surface area contributed by atoms with E-state index in [-0.39, 0.29) is 12.4 Å². The summed E-state index contributed by atoms with van der Waals surface area (Å²) in [5, 5.41) is 12.3. The van der Waals surface area contributed by atoms with Crippen LogP contribution >= 0.6 is 0 Å². The summed E-state index contributed by atoms with van der Waals surface area (Å²) in [5.74, 6) is 0.0743. The van der Waals surface area contributed by atoms with E-state index in [4.69, 9.17) is 9.47 Å². The molecule has 17 heavy (non-hydrogen) atoms. The van der Waals surface area contributed by atoms with Crippen LogP contribution < -0.4 is 5.32 Å². The Balaban J connectivity index is 3.32. The monoisotopic (exact) mass is 269 g/mol. The van der Waals surface area contributed by atoms with Crippen LogP contribution in [0.1, 0.15) is 6.92 Å². The predicted molar refractivity (Wildman–Crippen MR) is 65.9 cm³/mol. The fraction of sp³-hybridized carbons (Fsp3) is 1.00. The lowest BCUT2D eigenvalue weighted by atomic mass is 10.4. The number of aliphatic hydroxyl groups excluding tert-OH is 1. The van der Waals surface area contributed by atoms with E-state index in [9.17, 15) is 13.5 Å². The molecule has 0 aliphatic rings. The van der Waals surface area contributed by atoms with Crippen molar-refractivity contribution in [3.8, 4) is 0 Å². The van der Waals surface area contributed by atoms with Crippen LogP contribution in [-0.4, -0.2) is 71.2 Å². The quantitative estimate of drug-likeness (QED) is 0.470. The molecule has 0 radical (unpaired) electrons. The maximum absolute atomic E-state index is 10.8. The second-order valence-electron chi connectivity index (χ2n) is 3.76. The van der Waals surface area contributed by atoms with Crippen molar-refractivity contribution in [1.29, 1.82) is 0 Å². The van der Waals surface area contributed by atoms with Gasteiger partial charge in [-0.25, -0.2) is 8.42 Å². The highest BCUT2D eigenvalue weighted by Gasteiger charge is 2.05. The summed E-state index contributed by atoms with van der Waals surface area (Å²) in [5.41, 5.74) is 0. The van der Waals surface area contributed by atoms with Crippen molar-refractivity contribution in [3.63, 3.8) is 0 Å². The minimum atomic E-state index is -2.94. The molecule has 0 bridgehead atoms. The van der Waals surface area contributed by atoms with Crippen LogP contribution in [0.5, 0.6) is 0 Å². The first-order valence-electron chi connectivity index (χ1n) is 5.67. The first-order chi connectivity index (χ1) is 7.95. The minimum Gasteiger partial charge on any atom is -0.389 e. The highest BCUT2D eigenvalue weighted by molar-refractivity contribution is 7.90. The molecule has 1 unspecified atom stereocenters. The molecule has 0 saturated carbocycles. The van der Waals surface area contributed by atoms with Crippen molar-refractivity contribution in [2.45, 2.75) is 13.0 Å². The Bertz CT molecular complexity index is 268. The number of ether oxygens (including phenoxy) is 2. The van der Waals surface area contributed by atoms with Crippen molar-refractivity contribution in [2.75, 3.05) is 51.5 Å². The molecule has 0 rings (SSSR count). The molecule has 0 aliphatic heterocycles. The lowest BCUT2D eigenvalue weighted by molar-refractivity contribution is 0.00668. The molecule has 2 N–H and O–H groups in total. The first kappa shape index (κ1) is 16.8. The van der Waals surface area contributed by atoms with Gasteiger partial charge in [0, 0.05) is 26.0 Å². The van der Waals surface area contributed by atoms with Crippen LogP contribution in [0.3, 0.4) is 0 Å². The van der Waals surface area contributed by atoms with Gasteiger partial charge in [0.2, 0.25) is 0 Å². The summed E-state index contributed by atoms with van der Waals surface area (Å²) in [6.45, 7) is 4.41. The molecular weight excluding hydrogens is 246 g/mol. The molecule has 1 atom stereocenters. The Morgan fingerprint density at radius 1 is 1.29 bits per heavy atom. The van der Waals surface area contributed by atoms with Crippen LogP contribution in [-0.2, 0) is 19.3 Å². The SMILES string of the molecule is CCOCCOCC(O)CNCCS(C)(=O)=O. The highest BCUT2D eigenvalue weighted by atomic mass is 32.2. The highest BCUT2D eigenvalue weighted by Crippen LogP contribution is 1.86. The molecule has 0 saturated heterocycles. The average molecular weight is 269 g/mol. The second kappa shape index (κ2) is 9.78. The Morgan fingerprint density at radius 3 is 2.53 bits per heavy atom. The molecular formula is C10H23NO5S. The predicted octanol–water partition coefficient (Wildman–Crippen LogP) is -0.965. The van der Waals surface area contributed by atoms with Crippen LogP contribution in [0.2, 0.25) is 0 Å². The Kier molecular flexibility index (Phi) is 9.66. The topological polar surface area (TPSA) is 84.9 Å². The van der Waals surface area contributed by atoms with E-state index in [0.717, 1.165) is 0 Å². The lowest BCUT2D eigenvalue weighted by Crippen LogP contribution is -2.33. The largest absolute Gasteiger partial charge is 0.389 e. The number of hydrogen-bond acceptors (Lipinski definition) is 6. The molecule has 0 aromatic carbocycles. The Morgan fingerprint density at radius 2 is 1.94 bits per heavy atom. The van der Waals surface area contributed by atoms with Crippen molar-refractivity contribution >= 4 is 9.84 Å². The summed E-state index contributed by atoms with van der Waals surface area (Å²) < 4.78 is 31.8. The number of rotatable bonds is 11. The second-order valence-corrected chi connectivity index (χ2v) is 6.02. The summed E-state index contributed by atoms with van der Waals surface area (Å²) in [6, 6.07) is 0. The van der Waals surface area contributed by atoms with E-state index in [1.165, 1.54) is 6.26 Å². The van der Waals surface area contributed by atoms with E-state index in [0.29, 0.717) is 32.9 Å². The van der Waals surface area contributed by atoms with E-state index in [2.05, 4.69) is 5.32 Å². The van der Waals surface area contributed by atoms with E-state index in [1.54, 1.807) is 0 Å². The van der Waals surface area contributed by atoms with Crippen LogP contribution in [0.25, 0.3) is 0 Å². The van der Waals surface area contributed by atoms with E-state index >= 15 is 0 Å². The van der Waals surface area contributed by atoms with Crippen LogP contribution in [0, 0.1) is 0 Å². The maximum Gasteiger partial charge on any atom is 0.148 e. The zero-order valence-electron chi connectivity index (χ0n) is 10.5. The Labute approximate surface area is 103 Å². The zero-order chi connectivity index (χ0) is 13.1.